The van der Waals surface area contributed by atoms with Crippen LogP contribution in [0.4, 0.5) is 0 Å². The van der Waals surface area contributed by atoms with Crippen LogP contribution in [-0.2, 0) is 0 Å². The van der Waals surface area contributed by atoms with Crippen molar-refractivity contribution in [1.29, 1.82) is 0 Å². The van der Waals surface area contributed by atoms with Gasteiger partial charge in [0.25, 0.3) is 0 Å². The third-order valence-corrected chi connectivity index (χ3v) is 2.75. The first-order chi connectivity index (χ1) is 5.93. The van der Waals surface area contributed by atoms with Crippen molar-refractivity contribution in [2.45, 2.75) is 53.1 Å². The summed E-state index contributed by atoms with van der Waals surface area (Å²) in [6.07, 6.45) is 6.03. The van der Waals surface area contributed by atoms with Crippen LogP contribution < -0.4 is 0 Å². The Balaban J connectivity index is 4.22. The van der Waals surface area contributed by atoms with Gasteiger partial charge in [-0.15, -0.1) is 0 Å². The van der Waals surface area contributed by atoms with Crippen molar-refractivity contribution in [3.63, 3.8) is 0 Å². The number of hydrogen-bond donors (Lipinski definition) is 1. The molecule has 0 heterocycles. The van der Waals surface area contributed by atoms with Crippen LogP contribution in [0, 0.1) is 11.8 Å². The van der Waals surface area contributed by atoms with Gasteiger partial charge in [-0.1, -0.05) is 39.8 Å². The minimum absolute atomic E-state index is 0.595. The first kappa shape index (κ1) is 12.7. The lowest BCUT2D eigenvalue weighted by atomic mass is 9.90. The molecule has 0 aliphatic rings. The third-order valence-electron chi connectivity index (χ3n) is 2.75. The van der Waals surface area contributed by atoms with Gasteiger partial charge >= 0.3 is 0 Å². The molecule has 1 nitrogen and oxygen atoms in total. The van der Waals surface area contributed by atoms with Gasteiger partial charge in [-0.25, -0.2) is 0 Å². The van der Waals surface area contributed by atoms with Crippen LogP contribution in [0.2, 0.25) is 0 Å². The normalized spacial score (nSPS) is 19.3. The van der Waals surface area contributed by atoms with Gasteiger partial charge in [0.2, 0.25) is 0 Å². The molecule has 2 atom stereocenters. The number of allylic oxidation sites excluding steroid dienone is 1. The second kappa shape index (κ2) is 5.43. The van der Waals surface area contributed by atoms with Gasteiger partial charge in [0.05, 0.1) is 5.60 Å². The van der Waals surface area contributed by atoms with Crippen molar-refractivity contribution >= 4 is 0 Å². The van der Waals surface area contributed by atoms with Gasteiger partial charge in [-0.3, -0.25) is 0 Å². The second-order valence-electron chi connectivity index (χ2n) is 4.39. The quantitative estimate of drug-likeness (QED) is 0.649. The van der Waals surface area contributed by atoms with Crippen molar-refractivity contribution in [2.24, 2.45) is 11.8 Å². The summed E-state index contributed by atoms with van der Waals surface area (Å²) in [5, 5.41) is 9.76. The summed E-state index contributed by atoms with van der Waals surface area (Å²) in [7, 11) is 0. The summed E-state index contributed by atoms with van der Waals surface area (Å²) in [5.41, 5.74) is -0.623. The highest BCUT2D eigenvalue weighted by molar-refractivity contribution is 5.00. The van der Waals surface area contributed by atoms with Crippen molar-refractivity contribution in [2.75, 3.05) is 0 Å². The van der Waals surface area contributed by atoms with E-state index in [1.165, 1.54) is 0 Å². The fourth-order valence-corrected chi connectivity index (χ4v) is 1.28. The molecule has 0 fully saturated rings. The number of hydrogen-bond acceptors (Lipinski definition) is 1. The Morgan fingerprint density at radius 1 is 1.31 bits per heavy atom. The monoisotopic (exact) mass is 184 g/mol. The zero-order chi connectivity index (χ0) is 10.5. The smallest absolute Gasteiger partial charge is 0.0797 e. The molecular weight excluding hydrogens is 160 g/mol. The summed E-state index contributed by atoms with van der Waals surface area (Å²) < 4.78 is 0. The Hall–Kier alpha value is -0.300. The molecule has 0 saturated carbocycles. The summed E-state index contributed by atoms with van der Waals surface area (Å²) in [6, 6.07) is 0. The molecule has 0 aliphatic carbocycles. The molecule has 0 amide bonds. The maximum absolute atomic E-state index is 9.76. The van der Waals surface area contributed by atoms with E-state index in [0.29, 0.717) is 11.8 Å². The highest BCUT2D eigenvalue weighted by Gasteiger charge is 2.14. The Morgan fingerprint density at radius 2 is 1.85 bits per heavy atom. The van der Waals surface area contributed by atoms with Crippen LogP contribution in [0.5, 0.6) is 0 Å². The number of aliphatic hydroxyl groups is 1. The first-order valence-corrected chi connectivity index (χ1v) is 5.34. The summed E-state index contributed by atoms with van der Waals surface area (Å²) >= 11 is 0. The molecule has 0 bridgehead atoms. The lowest BCUT2D eigenvalue weighted by Crippen LogP contribution is -2.19. The molecule has 78 valence electrons. The Labute approximate surface area is 82.9 Å². The van der Waals surface area contributed by atoms with Gasteiger partial charge < -0.3 is 5.11 Å². The standard InChI is InChI=1S/C12H24O/c1-6-11(10(3)4)8-9-12(5,13)7-2/h8-11,13H,6-7H2,1-5H3/b9-8+. The molecule has 0 aromatic rings. The average molecular weight is 184 g/mol. The molecule has 0 aromatic carbocycles. The molecule has 2 unspecified atom stereocenters. The van der Waals surface area contributed by atoms with Crippen molar-refractivity contribution in [1.82, 2.24) is 0 Å². The Morgan fingerprint density at radius 3 is 2.15 bits per heavy atom. The van der Waals surface area contributed by atoms with E-state index in [1.54, 1.807) is 0 Å². The SMILES string of the molecule is CCC(/C=C/C(C)(O)CC)C(C)C. The molecule has 13 heavy (non-hydrogen) atoms. The maximum Gasteiger partial charge on any atom is 0.0797 e. The van der Waals surface area contributed by atoms with Crippen molar-refractivity contribution < 1.29 is 5.11 Å². The Kier molecular flexibility index (Phi) is 5.31. The van der Waals surface area contributed by atoms with E-state index in [4.69, 9.17) is 0 Å². The molecule has 0 aliphatic heterocycles. The highest BCUT2D eigenvalue weighted by atomic mass is 16.3. The molecular formula is C12H24O. The lowest BCUT2D eigenvalue weighted by molar-refractivity contribution is 0.107. The highest BCUT2D eigenvalue weighted by Crippen LogP contribution is 2.19. The van der Waals surface area contributed by atoms with Crippen LogP contribution in [0.1, 0.15) is 47.5 Å². The summed E-state index contributed by atoms with van der Waals surface area (Å²) in [4.78, 5) is 0. The fraction of sp³-hybridized carbons (Fsp3) is 0.833. The van der Waals surface area contributed by atoms with Gasteiger partial charge in [0.1, 0.15) is 0 Å². The Bertz CT molecular complexity index is 157. The summed E-state index contributed by atoms with van der Waals surface area (Å²) in [5.74, 6) is 1.26. The topological polar surface area (TPSA) is 20.2 Å². The van der Waals surface area contributed by atoms with Gasteiger partial charge in [0, 0.05) is 0 Å². The van der Waals surface area contributed by atoms with Crippen LogP contribution in [0.3, 0.4) is 0 Å². The lowest BCUT2D eigenvalue weighted by Gasteiger charge is -2.19. The maximum atomic E-state index is 9.76. The molecule has 0 saturated heterocycles. The second-order valence-corrected chi connectivity index (χ2v) is 4.39. The van der Waals surface area contributed by atoms with E-state index < -0.39 is 5.60 Å². The minimum atomic E-state index is -0.623. The van der Waals surface area contributed by atoms with Crippen LogP contribution in [0.15, 0.2) is 12.2 Å². The molecule has 0 aromatic heterocycles. The fourth-order valence-electron chi connectivity index (χ4n) is 1.28. The zero-order valence-electron chi connectivity index (χ0n) is 9.67. The molecule has 1 N–H and O–H groups in total. The molecule has 0 rings (SSSR count). The summed E-state index contributed by atoms with van der Waals surface area (Å²) in [6.45, 7) is 10.5. The van der Waals surface area contributed by atoms with Gasteiger partial charge in [-0.05, 0) is 31.6 Å². The average Bonchev–Trinajstić information content (AvgIpc) is 2.05. The van der Waals surface area contributed by atoms with Crippen LogP contribution in [-0.4, -0.2) is 10.7 Å². The van der Waals surface area contributed by atoms with E-state index in [9.17, 15) is 5.11 Å². The van der Waals surface area contributed by atoms with Crippen molar-refractivity contribution in [3.05, 3.63) is 12.2 Å². The largest absolute Gasteiger partial charge is 0.386 e. The van der Waals surface area contributed by atoms with Crippen LogP contribution >= 0.6 is 0 Å². The predicted molar refractivity (Wildman–Crippen MR) is 58.7 cm³/mol. The molecule has 0 radical (unpaired) electrons. The molecule has 0 spiro atoms. The van der Waals surface area contributed by atoms with E-state index in [1.807, 2.05) is 19.9 Å². The van der Waals surface area contributed by atoms with Crippen molar-refractivity contribution in [3.8, 4) is 0 Å². The van der Waals surface area contributed by atoms with Gasteiger partial charge in [0.15, 0.2) is 0 Å². The molecule has 1 heteroatoms. The third kappa shape index (κ3) is 5.09. The van der Waals surface area contributed by atoms with Crippen LogP contribution in [0.25, 0.3) is 0 Å². The van der Waals surface area contributed by atoms with E-state index in [0.717, 1.165) is 12.8 Å². The van der Waals surface area contributed by atoms with E-state index in [-0.39, 0.29) is 0 Å². The number of rotatable bonds is 5. The zero-order valence-corrected chi connectivity index (χ0v) is 9.67. The predicted octanol–water partition coefficient (Wildman–Crippen LogP) is 3.39. The van der Waals surface area contributed by atoms with E-state index in [2.05, 4.69) is 26.8 Å². The first-order valence-electron chi connectivity index (χ1n) is 5.34. The minimum Gasteiger partial charge on any atom is -0.386 e. The van der Waals surface area contributed by atoms with Gasteiger partial charge in [-0.2, -0.15) is 0 Å². The van der Waals surface area contributed by atoms with E-state index >= 15 is 0 Å².